The number of anilines is 1. The average molecular weight is 507 g/mol. The predicted molar refractivity (Wildman–Crippen MR) is 115 cm³/mol. The molecule has 0 aliphatic rings. The molecule has 7 nitrogen and oxygen atoms in total. The second kappa shape index (κ2) is 11.5. The van der Waals surface area contributed by atoms with Gasteiger partial charge in [-0.05, 0) is 68.2 Å². The van der Waals surface area contributed by atoms with E-state index in [9.17, 15) is 18.6 Å². The molecule has 0 atom stereocenters. The molecule has 1 aromatic heterocycles. The number of rotatable bonds is 11. The summed E-state index contributed by atoms with van der Waals surface area (Å²) in [4.78, 5) is 38.5. The van der Waals surface area contributed by atoms with Gasteiger partial charge in [-0.25, -0.2) is 9.19 Å². The number of hydrogen-bond acceptors (Lipinski definition) is 6. The summed E-state index contributed by atoms with van der Waals surface area (Å²) in [5.74, 6) is 0.416. The van der Waals surface area contributed by atoms with E-state index < -0.39 is 15.6 Å². The Balaban J connectivity index is 2.91. The molecule has 1 heterocycles. The van der Waals surface area contributed by atoms with Gasteiger partial charge in [0, 0.05) is 30.5 Å². The zero-order chi connectivity index (χ0) is 20.4. The van der Waals surface area contributed by atoms with E-state index in [-0.39, 0.29) is 28.6 Å². The van der Waals surface area contributed by atoms with Crippen molar-refractivity contribution in [2.45, 2.75) is 52.4 Å². The Morgan fingerprint density at radius 3 is 2.04 bits per heavy atom. The molecule has 0 aliphatic carbocycles. The van der Waals surface area contributed by atoms with Crippen molar-refractivity contribution in [3.63, 3.8) is 0 Å². The van der Waals surface area contributed by atoms with Crippen LogP contribution in [0.4, 0.5) is 5.82 Å². The number of Topliss-reactive ketones (excluding diaryl/α,β-unsaturated/α-hetero) is 2. The number of nitrogen functional groups attached to an aromatic ring is 1. The Kier molecular flexibility index (Phi) is 10.1. The summed E-state index contributed by atoms with van der Waals surface area (Å²) in [5.41, 5.74) is 5.90. The molecular weight excluding hydrogens is 481 g/mol. The number of aromatic nitrogens is 1. The number of nitrogens with zero attached hydrogens (tertiary/aromatic N) is 2. The van der Waals surface area contributed by atoms with Crippen molar-refractivity contribution in [1.82, 2.24) is 4.98 Å². The maximum Gasteiger partial charge on any atom is 0.286 e. The van der Waals surface area contributed by atoms with Crippen LogP contribution in [0, 0.1) is 3.57 Å². The van der Waals surface area contributed by atoms with Gasteiger partial charge in [0.25, 0.3) is 5.91 Å². The number of unbranched alkanes of at least 4 members (excludes halogenated alkanes) is 2. The minimum absolute atomic E-state index is 0.0819. The van der Waals surface area contributed by atoms with E-state index in [0.717, 1.165) is 0 Å². The van der Waals surface area contributed by atoms with Crippen LogP contribution in [0.1, 0.15) is 62.7 Å². The Bertz CT molecular complexity index is 789. The van der Waals surface area contributed by atoms with Gasteiger partial charge in [0.05, 0.1) is 18.9 Å². The van der Waals surface area contributed by atoms with Crippen LogP contribution in [0.2, 0.25) is 0 Å². The lowest BCUT2D eigenvalue weighted by Gasteiger charge is -2.10. The molecule has 0 radical (unpaired) electrons. The number of carbonyl (C=O) groups excluding carboxylic acids is 3. The van der Waals surface area contributed by atoms with E-state index in [0.29, 0.717) is 47.9 Å². The molecule has 0 aliphatic heterocycles. The summed E-state index contributed by atoms with van der Waals surface area (Å²) < 4.78 is 17.9. The number of pyridine rings is 1. The van der Waals surface area contributed by atoms with Crippen LogP contribution in [0.5, 0.6) is 0 Å². The highest BCUT2D eigenvalue weighted by atomic mass is 127. The lowest BCUT2D eigenvalue weighted by atomic mass is 10.2. The average Bonchev–Trinajstić information content (AvgIpc) is 2.58. The van der Waals surface area contributed by atoms with Crippen molar-refractivity contribution in [3.05, 3.63) is 21.4 Å². The van der Waals surface area contributed by atoms with Gasteiger partial charge in [0.2, 0.25) is 0 Å². The van der Waals surface area contributed by atoms with E-state index in [1.807, 2.05) is 22.6 Å². The Labute approximate surface area is 174 Å². The third kappa shape index (κ3) is 9.41. The third-order valence-corrected chi connectivity index (χ3v) is 7.07. The lowest BCUT2D eigenvalue weighted by molar-refractivity contribution is -0.117. The van der Waals surface area contributed by atoms with Crippen LogP contribution >= 0.6 is 22.6 Å². The fourth-order valence-corrected chi connectivity index (χ4v) is 4.95. The fourth-order valence-electron chi connectivity index (χ4n) is 2.37. The maximum absolute atomic E-state index is 13.2. The molecule has 2 N–H and O–H groups in total. The first-order valence-corrected chi connectivity index (χ1v) is 11.7. The zero-order valence-electron chi connectivity index (χ0n) is 15.7. The molecule has 150 valence electrons. The van der Waals surface area contributed by atoms with Gasteiger partial charge >= 0.3 is 0 Å². The molecular formula is C18H26IN3O4S. The first kappa shape index (κ1) is 23.7. The monoisotopic (exact) mass is 507 g/mol. The molecule has 1 aromatic rings. The van der Waals surface area contributed by atoms with Crippen LogP contribution < -0.4 is 5.73 Å². The van der Waals surface area contributed by atoms with Gasteiger partial charge < -0.3 is 15.3 Å². The number of amides is 1. The lowest BCUT2D eigenvalue weighted by Crippen LogP contribution is -2.15. The predicted octanol–water partition coefficient (Wildman–Crippen LogP) is 3.40. The van der Waals surface area contributed by atoms with Crippen molar-refractivity contribution in [2.75, 3.05) is 17.2 Å². The van der Waals surface area contributed by atoms with Gasteiger partial charge in [0.1, 0.15) is 17.4 Å². The summed E-state index contributed by atoms with van der Waals surface area (Å²) >= 11 is 1.97. The largest absolute Gasteiger partial charge is 0.383 e. The summed E-state index contributed by atoms with van der Waals surface area (Å²) in [7, 11) is -2.76. The standard InChI is InChI=1S/C18H26IN3O4S/c1-13(23)7-3-5-9-27(26,10-6-4-8-14(2)24)22-18(25)15-11-16(19)17(20)21-12-15/h11-12H,3-10H2,1-2H3,(H2,20,21). The van der Waals surface area contributed by atoms with Gasteiger partial charge in [-0.2, -0.15) is 4.36 Å². The first-order valence-electron chi connectivity index (χ1n) is 8.80. The van der Waals surface area contributed by atoms with Crippen molar-refractivity contribution < 1.29 is 18.6 Å². The van der Waals surface area contributed by atoms with Gasteiger partial charge in [-0.3, -0.25) is 4.79 Å². The molecule has 0 fully saturated rings. The highest BCUT2D eigenvalue weighted by Gasteiger charge is 2.15. The Morgan fingerprint density at radius 1 is 1.07 bits per heavy atom. The molecule has 0 unspecified atom stereocenters. The quantitative estimate of drug-likeness (QED) is 0.362. The summed E-state index contributed by atoms with van der Waals surface area (Å²) in [6.45, 7) is 3.03. The van der Waals surface area contributed by atoms with Crippen molar-refractivity contribution in [3.8, 4) is 0 Å². The van der Waals surface area contributed by atoms with E-state index in [1.54, 1.807) is 6.07 Å². The molecule has 0 saturated heterocycles. The number of halogens is 1. The third-order valence-electron chi connectivity index (χ3n) is 3.85. The number of hydrogen-bond donors (Lipinski definition) is 1. The van der Waals surface area contributed by atoms with Crippen LogP contribution in [-0.2, 0) is 19.3 Å². The molecule has 1 rings (SSSR count). The maximum atomic E-state index is 13.2. The minimum atomic E-state index is -2.76. The topological polar surface area (TPSA) is 120 Å². The molecule has 1 amide bonds. The van der Waals surface area contributed by atoms with Crippen LogP contribution in [0.25, 0.3) is 0 Å². The van der Waals surface area contributed by atoms with Crippen LogP contribution in [0.3, 0.4) is 0 Å². The van der Waals surface area contributed by atoms with Crippen molar-refractivity contribution in [2.24, 2.45) is 4.36 Å². The highest BCUT2D eigenvalue weighted by Crippen LogP contribution is 2.16. The van der Waals surface area contributed by atoms with E-state index >= 15 is 0 Å². The highest BCUT2D eigenvalue weighted by molar-refractivity contribution is 14.1. The van der Waals surface area contributed by atoms with E-state index in [2.05, 4.69) is 9.35 Å². The molecule has 0 aromatic carbocycles. The minimum Gasteiger partial charge on any atom is -0.383 e. The summed E-state index contributed by atoms with van der Waals surface area (Å²) in [5, 5.41) is 0. The second-order valence-corrected chi connectivity index (χ2v) is 10.2. The molecule has 0 bridgehead atoms. The van der Waals surface area contributed by atoms with E-state index in [1.165, 1.54) is 20.0 Å². The van der Waals surface area contributed by atoms with Gasteiger partial charge in [-0.15, -0.1) is 0 Å². The SMILES string of the molecule is CC(=O)CCCCS(=O)(CCCCC(C)=O)=NC(=O)c1cnc(N)c(I)c1. The zero-order valence-corrected chi connectivity index (χ0v) is 18.7. The molecule has 0 spiro atoms. The van der Waals surface area contributed by atoms with Crippen LogP contribution in [-0.4, -0.2) is 38.2 Å². The number of nitrogens with two attached hydrogens (primary N) is 1. The van der Waals surface area contributed by atoms with Gasteiger partial charge in [-0.1, -0.05) is 0 Å². The Hall–Kier alpha value is -1.36. The summed E-state index contributed by atoms with van der Waals surface area (Å²) in [6.07, 6.45) is 4.52. The van der Waals surface area contributed by atoms with Crippen molar-refractivity contribution >= 4 is 55.6 Å². The van der Waals surface area contributed by atoms with Crippen LogP contribution in [0.15, 0.2) is 16.6 Å². The Morgan fingerprint density at radius 2 is 1.59 bits per heavy atom. The number of carbonyl (C=O) groups is 3. The molecule has 9 heteroatoms. The van der Waals surface area contributed by atoms with Crippen molar-refractivity contribution in [1.29, 1.82) is 0 Å². The normalized spacial score (nSPS) is 11.2. The summed E-state index contributed by atoms with van der Waals surface area (Å²) in [6, 6.07) is 1.57. The fraction of sp³-hybridized carbons (Fsp3) is 0.556. The van der Waals surface area contributed by atoms with Gasteiger partial charge in [0.15, 0.2) is 0 Å². The van der Waals surface area contributed by atoms with E-state index in [4.69, 9.17) is 5.73 Å². The molecule has 0 saturated carbocycles. The first-order chi connectivity index (χ1) is 12.6. The smallest absolute Gasteiger partial charge is 0.286 e. The molecule has 27 heavy (non-hydrogen) atoms. The second-order valence-electron chi connectivity index (χ2n) is 6.49. The number of ketones is 2.